The summed E-state index contributed by atoms with van der Waals surface area (Å²) in [6, 6.07) is 6.90. The van der Waals surface area contributed by atoms with Crippen LogP contribution < -0.4 is 10.3 Å². The highest BCUT2D eigenvalue weighted by atomic mass is 19.4. The molecule has 33 heavy (non-hydrogen) atoms. The van der Waals surface area contributed by atoms with E-state index in [1.165, 1.54) is 31.2 Å². The highest BCUT2D eigenvalue weighted by Gasteiger charge is 2.47. The first-order chi connectivity index (χ1) is 15.5. The molecule has 1 saturated heterocycles. The smallest absolute Gasteiger partial charge is 0.274 e. The lowest BCUT2D eigenvalue weighted by atomic mass is 10.1. The van der Waals surface area contributed by atoms with E-state index in [0.717, 1.165) is 36.4 Å². The highest BCUT2D eigenvalue weighted by Crippen LogP contribution is 2.38. The van der Waals surface area contributed by atoms with Gasteiger partial charge < -0.3 is 0 Å². The molecule has 3 rings (SSSR count). The van der Waals surface area contributed by atoms with Gasteiger partial charge in [0.15, 0.2) is 0 Å². The van der Waals surface area contributed by atoms with Crippen molar-refractivity contribution in [1.82, 2.24) is 10.4 Å². The van der Waals surface area contributed by atoms with Crippen LogP contribution in [0.4, 0.5) is 23.2 Å². The SMILES string of the molecule is CC=CC(=O)N(NC(=O)c1cccc(F)c1)C1CC(=O)N(c2ccccc2C(F)(F)F)C1=O. The molecule has 0 spiro atoms. The van der Waals surface area contributed by atoms with Gasteiger partial charge in [-0.1, -0.05) is 24.3 Å². The van der Waals surface area contributed by atoms with Crippen LogP contribution in [0.2, 0.25) is 0 Å². The second-order valence-electron chi connectivity index (χ2n) is 6.96. The monoisotopic (exact) mass is 463 g/mol. The van der Waals surface area contributed by atoms with Crippen LogP contribution in [0.15, 0.2) is 60.7 Å². The molecule has 2 aromatic carbocycles. The lowest BCUT2D eigenvalue weighted by Crippen LogP contribution is -2.54. The Hall–Kier alpha value is -4.02. The lowest BCUT2D eigenvalue weighted by Gasteiger charge is -2.27. The summed E-state index contributed by atoms with van der Waals surface area (Å²) in [7, 11) is 0. The maximum Gasteiger partial charge on any atom is 0.418 e. The van der Waals surface area contributed by atoms with Crippen molar-refractivity contribution >= 4 is 29.3 Å². The molecule has 1 N–H and O–H groups in total. The van der Waals surface area contributed by atoms with Crippen molar-refractivity contribution < 1.29 is 36.7 Å². The molecule has 1 fully saturated rings. The molecule has 1 heterocycles. The number of hydrazine groups is 1. The predicted molar refractivity (Wildman–Crippen MR) is 108 cm³/mol. The van der Waals surface area contributed by atoms with Crippen LogP contribution in [0, 0.1) is 5.82 Å². The first kappa shape index (κ1) is 23.6. The molecule has 0 bridgehead atoms. The first-order valence-corrected chi connectivity index (χ1v) is 9.60. The van der Waals surface area contributed by atoms with Gasteiger partial charge >= 0.3 is 6.18 Å². The summed E-state index contributed by atoms with van der Waals surface area (Å²) >= 11 is 0. The predicted octanol–water partition coefficient (Wildman–Crippen LogP) is 3.23. The number of halogens is 4. The number of carbonyl (C=O) groups excluding carboxylic acids is 4. The molecule has 4 amide bonds. The number of para-hydroxylation sites is 1. The number of hydrogen-bond acceptors (Lipinski definition) is 4. The van der Waals surface area contributed by atoms with Crippen molar-refractivity contribution in [3.05, 3.63) is 77.6 Å². The zero-order valence-electron chi connectivity index (χ0n) is 17.1. The maximum absolute atomic E-state index is 13.5. The molecule has 0 saturated carbocycles. The maximum atomic E-state index is 13.5. The number of allylic oxidation sites excluding steroid dienone is 1. The normalized spacial score (nSPS) is 16.4. The van der Waals surface area contributed by atoms with Crippen molar-refractivity contribution in [2.75, 3.05) is 4.90 Å². The number of nitrogens with zero attached hydrogens (tertiary/aromatic N) is 2. The molecule has 11 heteroatoms. The quantitative estimate of drug-likeness (QED) is 0.327. The topological polar surface area (TPSA) is 86.8 Å². The number of benzene rings is 2. The van der Waals surface area contributed by atoms with E-state index < -0.39 is 59.3 Å². The van der Waals surface area contributed by atoms with Gasteiger partial charge in [0.25, 0.3) is 17.7 Å². The van der Waals surface area contributed by atoms with Crippen molar-refractivity contribution in [1.29, 1.82) is 0 Å². The zero-order valence-corrected chi connectivity index (χ0v) is 17.1. The van der Waals surface area contributed by atoms with E-state index in [4.69, 9.17) is 0 Å². The molecule has 1 aliphatic rings. The summed E-state index contributed by atoms with van der Waals surface area (Å²) in [5, 5.41) is 0.559. The fourth-order valence-electron chi connectivity index (χ4n) is 3.29. The molecule has 1 aliphatic heterocycles. The van der Waals surface area contributed by atoms with Gasteiger partial charge in [0.2, 0.25) is 5.91 Å². The van der Waals surface area contributed by atoms with E-state index in [1.807, 2.05) is 0 Å². The minimum absolute atomic E-state index is 0.177. The Morgan fingerprint density at radius 3 is 2.45 bits per heavy atom. The van der Waals surface area contributed by atoms with E-state index in [9.17, 15) is 36.7 Å². The van der Waals surface area contributed by atoms with Crippen LogP contribution in [0.25, 0.3) is 0 Å². The van der Waals surface area contributed by atoms with Crippen LogP contribution in [-0.4, -0.2) is 34.7 Å². The summed E-state index contributed by atoms with van der Waals surface area (Å²) in [6.45, 7) is 1.48. The second-order valence-corrected chi connectivity index (χ2v) is 6.96. The van der Waals surface area contributed by atoms with E-state index in [-0.39, 0.29) is 5.56 Å². The average Bonchev–Trinajstić information content (AvgIpc) is 3.04. The van der Waals surface area contributed by atoms with E-state index in [1.54, 1.807) is 0 Å². The summed E-state index contributed by atoms with van der Waals surface area (Å²) in [5.41, 5.74) is 0.0943. The summed E-state index contributed by atoms with van der Waals surface area (Å²) in [5.74, 6) is -4.70. The minimum atomic E-state index is -4.85. The Kier molecular flexibility index (Phi) is 6.61. The van der Waals surface area contributed by atoms with Crippen molar-refractivity contribution in [2.45, 2.75) is 25.6 Å². The van der Waals surface area contributed by atoms with Gasteiger partial charge in [-0.05, 0) is 37.3 Å². The second kappa shape index (κ2) is 9.23. The molecule has 172 valence electrons. The third-order valence-electron chi connectivity index (χ3n) is 4.74. The van der Waals surface area contributed by atoms with Crippen LogP contribution >= 0.6 is 0 Å². The van der Waals surface area contributed by atoms with Crippen LogP contribution in [0.5, 0.6) is 0 Å². The zero-order chi connectivity index (χ0) is 24.3. The number of hydrogen-bond donors (Lipinski definition) is 1. The molecule has 2 aromatic rings. The van der Waals surface area contributed by atoms with Gasteiger partial charge in [0, 0.05) is 11.6 Å². The van der Waals surface area contributed by atoms with Gasteiger partial charge in [-0.25, -0.2) is 14.3 Å². The number of imide groups is 1. The molecule has 1 atom stereocenters. The van der Waals surface area contributed by atoms with E-state index in [2.05, 4.69) is 5.43 Å². The minimum Gasteiger partial charge on any atom is -0.274 e. The Bertz CT molecular complexity index is 1150. The van der Waals surface area contributed by atoms with E-state index in [0.29, 0.717) is 9.91 Å². The number of carbonyl (C=O) groups is 4. The standard InChI is InChI=1S/C22H17F4N3O4/c1-2-6-18(30)29(27-20(32)13-7-5-8-14(23)11-13)17-12-19(31)28(21(17)33)16-10-4-3-9-15(16)22(24,25)26/h2-11,17H,12H2,1H3,(H,27,32). The summed E-state index contributed by atoms with van der Waals surface area (Å²) in [4.78, 5) is 51.1. The number of rotatable bonds is 4. The highest BCUT2D eigenvalue weighted by molar-refractivity contribution is 6.23. The third-order valence-corrected chi connectivity index (χ3v) is 4.74. The van der Waals surface area contributed by atoms with Gasteiger partial charge in [0.1, 0.15) is 11.9 Å². The third kappa shape index (κ3) is 4.92. The fourth-order valence-corrected chi connectivity index (χ4v) is 3.29. The molecular weight excluding hydrogens is 446 g/mol. The Balaban J connectivity index is 1.96. The van der Waals surface area contributed by atoms with Gasteiger partial charge in [-0.3, -0.25) is 24.6 Å². The first-order valence-electron chi connectivity index (χ1n) is 9.60. The molecular formula is C22H17F4N3O4. The Labute approximate surface area is 185 Å². The number of amides is 4. The Morgan fingerprint density at radius 1 is 1.12 bits per heavy atom. The lowest BCUT2D eigenvalue weighted by molar-refractivity contribution is -0.138. The van der Waals surface area contributed by atoms with Gasteiger partial charge in [-0.15, -0.1) is 0 Å². The number of anilines is 1. The van der Waals surface area contributed by atoms with Crippen molar-refractivity contribution in [3.63, 3.8) is 0 Å². The number of nitrogens with one attached hydrogen (secondary N) is 1. The number of alkyl halides is 3. The molecule has 0 aromatic heterocycles. The van der Waals surface area contributed by atoms with Crippen LogP contribution in [0.1, 0.15) is 29.3 Å². The van der Waals surface area contributed by atoms with Crippen molar-refractivity contribution in [3.8, 4) is 0 Å². The van der Waals surface area contributed by atoms with Crippen molar-refractivity contribution in [2.24, 2.45) is 0 Å². The average molecular weight is 463 g/mol. The van der Waals surface area contributed by atoms with Gasteiger partial charge in [0.05, 0.1) is 17.7 Å². The molecule has 0 aliphatic carbocycles. The molecule has 0 radical (unpaired) electrons. The molecule has 1 unspecified atom stereocenters. The van der Waals surface area contributed by atoms with E-state index >= 15 is 0 Å². The van der Waals surface area contributed by atoms with Crippen LogP contribution in [0.3, 0.4) is 0 Å². The summed E-state index contributed by atoms with van der Waals surface area (Å²) in [6.07, 6.45) is -3.21. The van der Waals surface area contributed by atoms with Crippen LogP contribution in [-0.2, 0) is 20.6 Å². The van der Waals surface area contributed by atoms with Gasteiger partial charge in [-0.2, -0.15) is 13.2 Å². The molecule has 7 nitrogen and oxygen atoms in total. The largest absolute Gasteiger partial charge is 0.418 e. The Morgan fingerprint density at radius 2 is 1.82 bits per heavy atom. The fraction of sp³-hybridized carbons (Fsp3) is 0.182. The summed E-state index contributed by atoms with van der Waals surface area (Å²) < 4.78 is 53.7.